The summed E-state index contributed by atoms with van der Waals surface area (Å²) in [4.78, 5) is 10.5. The summed E-state index contributed by atoms with van der Waals surface area (Å²) in [6.45, 7) is 0. The number of rotatable bonds is 2. The number of nitrogens with zero attached hydrogens (tertiary/aromatic N) is 1. The van der Waals surface area contributed by atoms with Crippen molar-refractivity contribution in [3.8, 4) is 11.3 Å². The number of hydrogen-bond donors (Lipinski definition) is 0. The average Bonchev–Trinajstić information content (AvgIpc) is 2.59. The molecule has 0 aliphatic rings. The average molecular weight is 242 g/mol. The van der Waals surface area contributed by atoms with E-state index in [4.69, 9.17) is 27.7 Å². The number of carbonyl (C=O) groups excluding carboxylic acids is 1. The van der Waals surface area contributed by atoms with E-state index in [1.807, 2.05) is 0 Å². The van der Waals surface area contributed by atoms with Gasteiger partial charge in [-0.15, -0.1) is 0 Å². The standard InChI is InChI=1S/C10H5Cl2NO2/c11-7-3-1-2-6(4-7)10-9(12)8(5-14)15-13-10/h1-5H. The smallest absolute Gasteiger partial charge is 0.218 e. The maximum absolute atomic E-state index is 10.5. The highest BCUT2D eigenvalue weighted by Crippen LogP contribution is 2.30. The number of aldehydes is 1. The fraction of sp³-hybridized carbons (Fsp3) is 0. The van der Waals surface area contributed by atoms with E-state index >= 15 is 0 Å². The molecule has 0 fully saturated rings. The van der Waals surface area contributed by atoms with Crippen molar-refractivity contribution in [1.29, 1.82) is 0 Å². The minimum Gasteiger partial charge on any atom is -0.351 e. The van der Waals surface area contributed by atoms with Crippen molar-refractivity contribution in [2.75, 3.05) is 0 Å². The van der Waals surface area contributed by atoms with Crippen molar-refractivity contribution in [3.05, 3.63) is 40.1 Å². The van der Waals surface area contributed by atoms with E-state index in [1.54, 1.807) is 24.3 Å². The van der Waals surface area contributed by atoms with Gasteiger partial charge >= 0.3 is 0 Å². The van der Waals surface area contributed by atoms with Crippen LogP contribution in [0.4, 0.5) is 0 Å². The van der Waals surface area contributed by atoms with E-state index in [1.165, 1.54) is 0 Å². The second-order valence-corrected chi connectivity index (χ2v) is 3.65. The molecule has 1 heterocycles. The van der Waals surface area contributed by atoms with E-state index in [-0.39, 0.29) is 10.8 Å². The van der Waals surface area contributed by atoms with Gasteiger partial charge in [0.15, 0.2) is 6.29 Å². The summed E-state index contributed by atoms with van der Waals surface area (Å²) < 4.78 is 4.75. The Bertz CT molecular complexity index is 508. The highest BCUT2D eigenvalue weighted by atomic mass is 35.5. The van der Waals surface area contributed by atoms with E-state index in [9.17, 15) is 4.79 Å². The molecule has 5 heteroatoms. The summed E-state index contributed by atoms with van der Waals surface area (Å²) in [6, 6.07) is 6.98. The van der Waals surface area contributed by atoms with Crippen LogP contribution in [-0.4, -0.2) is 11.4 Å². The predicted molar refractivity (Wildman–Crippen MR) is 57.3 cm³/mol. The van der Waals surface area contributed by atoms with Gasteiger partial charge in [-0.05, 0) is 12.1 Å². The zero-order valence-electron chi connectivity index (χ0n) is 7.41. The molecule has 1 aromatic heterocycles. The van der Waals surface area contributed by atoms with Crippen molar-refractivity contribution in [1.82, 2.24) is 5.16 Å². The molecule has 0 aliphatic carbocycles. The molecule has 2 aromatic rings. The van der Waals surface area contributed by atoms with Crippen LogP contribution in [0.5, 0.6) is 0 Å². The Balaban J connectivity index is 2.54. The van der Waals surface area contributed by atoms with Crippen LogP contribution < -0.4 is 0 Å². The molecule has 0 amide bonds. The third-order valence-electron chi connectivity index (χ3n) is 1.86. The van der Waals surface area contributed by atoms with Gasteiger partial charge in [-0.3, -0.25) is 4.79 Å². The summed E-state index contributed by atoms with van der Waals surface area (Å²) in [5.41, 5.74) is 1.13. The molecular formula is C10H5Cl2NO2. The minimum atomic E-state index is 0.0200. The third-order valence-corrected chi connectivity index (χ3v) is 2.46. The molecule has 0 N–H and O–H groups in total. The predicted octanol–water partition coefficient (Wildman–Crippen LogP) is 3.46. The van der Waals surface area contributed by atoms with Crippen LogP contribution in [0.1, 0.15) is 10.6 Å². The fourth-order valence-electron chi connectivity index (χ4n) is 1.18. The van der Waals surface area contributed by atoms with Crippen LogP contribution in [0.3, 0.4) is 0 Å². The SMILES string of the molecule is O=Cc1onc(-c2cccc(Cl)c2)c1Cl. The Morgan fingerprint density at radius 1 is 1.33 bits per heavy atom. The van der Waals surface area contributed by atoms with Gasteiger partial charge in [0, 0.05) is 10.6 Å². The molecule has 3 nitrogen and oxygen atoms in total. The molecule has 1 aromatic carbocycles. The molecule has 0 radical (unpaired) electrons. The van der Waals surface area contributed by atoms with Crippen molar-refractivity contribution < 1.29 is 9.32 Å². The first-order chi connectivity index (χ1) is 7.22. The Kier molecular flexibility index (Phi) is 2.75. The third kappa shape index (κ3) is 1.89. The molecule has 76 valence electrons. The minimum absolute atomic E-state index is 0.0200. The molecule has 0 aliphatic heterocycles. The second kappa shape index (κ2) is 4.04. The van der Waals surface area contributed by atoms with Gasteiger partial charge in [0.05, 0.1) is 0 Å². The molecular weight excluding hydrogens is 237 g/mol. The Morgan fingerprint density at radius 2 is 2.13 bits per heavy atom. The van der Waals surface area contributed by atoms with E-state index < -0.39 is 0 Å². The zero-order chi connectivity index (χ0) is 10.8. The molecule has 0 saturated carbocycles. The lowest BCUT2D eigenvalue weighted by Gasteiger charge is -1.96. The maximum Gasteiger partial charge on any atom is 0.218 e. The summed E-state index contributed by atoms with van der Waals surface area (Å²) in [5.74, 6) is 0.0200. The lowest BCUT2D eigenvalue weighted by Crippen LogP contribution is -1.78. The van der Waals surface area contributed by atoms with E-state index in [2.05, 4.69) is 5.16 Å². The molecule has 2 rings (SSSR count). The number of carbonyl (C=O) groups is 1. The van der Waals surface area contributed by atoms with Gasteiger partial charge in [0.2, 0.25) is 5.76 Å². The molecule has 0 unspecified atom stereocenters. The normalized spacial score (nSPS) is 10.3. The van der Waals surface area contributed by atoms with Crippen LogP contribution in [0.25, 0.3) is 11.3 Å². The Labute approximate surface area is 95.6 Å². The fourth-order valence-corrected chi connectivity index (χ4v) is 1.59. The van der Waals surface area contributed by atoms with Gasteiger partial charge in [0.25, 0.3) is 0 Å². The second-order valence-electron chi connectivity index (χ2n) is 2.84. The number of aromatic nitrogens is 1. The Hall–Kier alpha value is -1.32. The van der Waals surface area contributed by atoms with Crippen LogP contribution in [-0.2, 0) is 0 Å². The van der Waals surface area contributed by atoms with Crippen molar-refractivity contribution in [3.63, 3.8) is 0 Å². The molecule has 0 bridgehead atoms. The highest BCUT2D eigenvalue weighted by molar-refractivity contribution is 6.35. The van der Waals surface area contributed by atoms with Gasteiger partial charge in [-0.2, -0.15) is 0 Å². The first-order valence-corrected chi connectivity index (χ1v) is 4.84. The number of benzene rings is 1. The molecule has 0 saturated heterocycles. The van der Waals surface area contributed by atoms with E-state index in [0.29, 0.717) is 22.6 Å². The van der Waals surface area contributed by atoms with Gasteiger partial charge in [-0.1, -0.05) is 40.5 Å². The summed E-state index contributed by atoms with van der Waals surface area (Å²) in [6.07, 6.45) is 0.517. The van der Waals surface area contributed by atoms with Gasteiger partial charge in [-0.25, -0.2) is 0 Å². The van der Waals surface area contributed by atoms with Gasteiger partial charge < -0.3 is 4.52 Å². The lowest BCUT2D eigenvalue weighted by atomic mass is 10.1. The zero-order valence-corrected chi connectivity index (χ0v) is 8.92. The highest BCUT2D eigenvalue weighted by Gasteiger charge is 2.14. The van der Waals surface area contributed by atoms with E-state index in [0.717, 1.165) is 0 Å². The van der Waals surface area contributed by atoms with Crippen LogP contribution >= 0.6 is 23.2 Å². The first-order valence-electron chi connectivity index (χ1n) is 4.08. The van der Waals surface area contributed by atoms with Crippen molar-refractivity contribution in [2.45, 2.75) is 0 Å². The summed E-state index contributed by atoms with van der Waals surface area (Å²) in [7, 11) is 0. The molecule has 0 spiro atoms. The van der Waals surface area contributed by atoms with Crippen LogP contribution in [0.15, 0.2) is 28.8 Å². The Morgan fingerprint density at radius 3 is 2.73 bits per heavy atom. The summed E-state index contributed by atoms with van der Waals surface area (Å²) in [5, 5.41) is 4.47. The topological polar surface area (TPSA) is 43.1 Å². The van der Waals surface area contributed by atoms with Crippen molar-refractivity contribution >= 4 is 29.5 Å². The first kappa shape index (κ1) is 10.2. The molecule has 0 atom stereocenters. The summed E-state index contributed by atoms with van der Waals surface area (Å²) >= 11 is 11.7. The number of hydrogen-bond acceptors (Lipinski definition) is 3. The lowest BCUT2D eigenvalue weighted by molar-refractivity contribution is 0.109. The largest absolute Gasteiger partial charge is 0.351 e. The monoisotopic (exact) mass is 241 g/mol. The van der Waals surface area contributed by atoms with Gasteiger partial charge in [0.1, 0.15) is 10.7 Å². The van der Waals surface area contributed by atoms with Crippen molar-refractivity contribution in [2.24, 2.45) is 0 Å². The molecule has 15 heavy (non-hydrogen) atoms. The maximum atomic E-state index is 10.5. The quantitative estimate of drug-likeness (QED) is 0.757. The van der Waals surface area contributed by atoms with Crippen LogP contribution in [0.2, 0.25) is 10.0 Å². The van der Waals surface area contributed by atoms with Crippen LogP contribution in [0, 0.1) is 0 Å². The number of halogens is 2.